The van der Waals surface area contributed by atoms with Crippen LogP contribution in [0.2, 0.25) is 0 Å². The van der Waals surface area contributed by atoms with E-state index in [9.17, 15) is 14.7 Å². The minimum atomic E-state index is -1.01. The Labute approximate surface area is 114 Å². The summed E-state index contributed by atoms with van der Waals surface area (Å²) >= 11 is 0. The second-order valence-corrected chi connectivity index (χ2v) is 4.36. The standard InChI is InChI=1S/C11H16N4O5/c16-6-9-7-20-2-1-15(9)11(19)13-8-3-12-14(4-8)5-10(17)18/h3-4,9,16H,1-2,5-7H2,(H,13,19)(H,17,18). The average molecular weight is 284 g/mol. The highest BCUT2D eigenvalue weighted by Crippen LogP contribution is 2.11. The fourth-order valence-corrected chi connectivity index (χ4v) is 1.92. The fourth-order valence-electron chi connectivity index (χ4n) is 1.92. The van der Waals surface area contributed by atoms with Crippen molar-refractivity contribution in [3.63, 3.8) is 0 Å². The van der Waals surface area contributed by atoms with Gasteiger partial charge in [0.2, 0.25) is 0 Å². The van der Waals surface area contributed by atoms with Crippen LogP contribution in [-0.4, -0.2) is 69.3 Å². The SMILES string of the molecule is O=C(O)Cn1cc(NC(=O)N2CCOCC2CO)cn1. The van der Waals surface area contributed by atoms with Crippen molar-refractivity contribution >= 4 is 17.7 Å². The number of urea groups is 1. The largest absolute Gasteiger partial charge is 0.480 e. The Morgan fingerprint density at radius 1 is 1.55 bits per heavy atom. The van der Waals surface area contributed by atoms with Gasteiger partial charge in [-0.15, -0.1) is 0 Å². The second-order valence-electron chi connectivity index (χ2n) is 4.36. The van der Waals surface area contributed by atoms with Crippen molar-refractivity contribution in [3.05, 3.63) is 12.4 Å². The number of rotatable bonds is 4. The maximum absolute atomic E-state index is 12.1. The van der Waals surface area contributed by atoms with Crippen LogP contribution in [0.15, 0.2) is 12.4 Å². The number of aliphatic hydroxyl groups excluding tert-OH is 1. The molecule has 1 aromatic rings. The molecule has 1 aromatic heterocycles. The number of aliphatic carboxylic acids is 1. The Morgan fingerprint density at radius 2 is 2.35 bits per heavy atom. The van der Waals surface area contributed by atoms with Gasteiger partial charge in [-0.1, -0.05) is 0 Å². The van der Waals surface area contributed by atoms with Gasteiger partial charge in [0.05, 0.1) is 37.7 Å². The van der Waals surface area contributed by atoms with Crippen molar-refractivity contribution in [2.75, 3.05) is 31.7 Å². The van der Waals surface area contributed by atoms with Gasteiger partial charge in [-0.3, -0.25) is 9.48 Å². The molecule has 0 bridgehead atoms. The van der Waals surface area contributed by atoms with Crippen LogP contribution in [0.1, 0.15) is 0 Å². The van der Waals surface area contributed by atoms with Gasteiger partial charge in [0, 0.05) is 12.7 Å². The Kier molecular flexibility index (Phi) is 4.53. The summed E-state index contributed by atoms with van der Waals surface area (Å²) < 4.78 is 6.40. The van der Waals surface area contributed by atoms with Crippen molar-refractivity contribution in [1.29, 1.82) is 0 Å². The van der Waals surface area contributed by atoms with E-state index in [2.05, 4.69) is 10.4 Å². The first-order chi connectivity index (χ1) is 9.60. The molecule has 0 aliphatic carbocycles. The first-order valence-electron chi connectivity index (χ1n) is 6.10. The molecule has 9 nitrogen and oxygen atoms in total. The van der Waals surface area contributed by atoms with Crippen LogP contribution in [0.4, 0.5) is 10.5 Å². The molecule has 1 saturated heterocycles. The van der Waals surface area contributed by atoms with Crippen LogP contribution in [0.25, 0.3) is 0 Å². The number of carbonyl (C=O) groups excluding carboxylic acids is 1. The molecule has 1 unspecified atom stereocenters. The number of nitrogens with zero attached hydrogens (tertiary/aromatic N) is 3. The number of carboxylic acids is 1. The maximum atomic E-state index is 12.1. The molecule has 1 aliphatic heterocycles. The van der Waals surface area contributed by atoms with Crippen molar-refractivity contribution in [1.82, 2.24) is 14.7 Å². The van der Waals surface area contributed by atoms with E-state index in [-0.39, 0.29) is 25.2 Å². The van der Waals surface area contributed by atoms with Gasteiger partial charge in [-0.2, -0.15) is 5.10 Å². The minimum absolute atomic E-state index is 0.175. The molecule has 2 heterocycles. The molecule has 1 aliphatic rings. The second kappa shape index (κ2) is 6.35. The maximum Gasteiger partial charge on any atom is 0.325 e. The summed E-state index contributed by atoms with van der Waals surface area (Å²) in [6.45, 7) is 0.656. The van der Waals surface area contributed by atoms with Crippen LogP contribution >= 0.6 is 0 Å². The molecule has 0 radical (unpaired) electrons. The first kappa shape index (κ1) is 14.3. The smallest absolute Gasteiger partial charge is 0.325 e. The highest BCUT2D eigenvalue weighted by Gasteiger charge is 2.26. The van der Waals surface area contributed by atoms with Gasteiger partial charge in [-0.05, 0) is 0 Å². The fraction of sp³-hybridized carbons (Fsp3) is 0.545. The molecule has 0 spiro atoms. The lowest BCUT2D eigenvalue weighted by molar-refractivity contribution is -0.137. The molecule has 2 rings (SSSR count). The van der Waals surface area contributed by atoms with Gasteiger partial charge in [0.1, 0.15) is 6.54 Å². The summed E-state index contributed by atoms with van der Waals surface area (Å²) in [7, 11) is 0. The van der Waals surface area contributed by atoms with Gasteiger partial charge in [0.15, 0.2) is 0 Å². The van der Waals surface area contributed by atoms with Crippen LogP contribution in [0, 0.1) is 0 Å². The summed E-state index contributed by atoms with van der Waals surface area (Å²) in [6.07, 6.45) is 2.80. The van der Waals surface area contributed by atoms with Crippen LogP contribution in [-0.2, 0) is 16.1 Å². The monoisotopic (exact) mass is 284 g/mol. The minimum Gasteiger partial charge on any atom is -0.480 e. The lowest BCUT2D eigenvalue weighted by atomic mass is 10.2. The molecule has 3 N–H and O–H groups in total. The Hall–Kier alpha value is -2.13. The number of aromatic nitrogens is 2. The van der Waals surface area contributed by atoms with E-state index in [1.807, 2.05) is 0 Å². The third-order valence-corrected chi connectivity index (χ3v) is 2.88. The number of carbonyl (C=O) groups is 2. The third-order valence-electron chi connectivity index (χ3n) is 2.88. The Bertz CT molecular complexity index is 489. The summed E-state index contributed by atoms with van der Waals surface area (Å²) in [6, 6.07) is -0.750. The number of amides is 2. The van der Waals surface area contributed by atoms with Gasteiger partial charge in [-0.25, -0.2) is 4.79 Å². The summed E-state index contributed by atoms with van der Waals surface area (Å²) in [5.74, 6) is -1.01. The van der Waals surface area contributed by atoms with E-state index in [1.165, 1.54) is 22.0 Å². The molecule has 20 heavy (non-hydrogen) atoms. The van der Waals surface area contributed by atoms with Crippen LogP contribution in [0.3, 0.4) is 0 Å². The summed E-state index contributed by atoms with van der Waals surface area (Å²) in [5.41, 5.74) is 0.402. The third kappa shape index (κ3) is 3.45. The molecular weight excluding hydrogens is 268 g/mol. The van der Waals surface area contributed by atoms with Gasteiger partial charge < -0.3 is 25.2 Å². The Balaban J connectivity index is 1.96. The molecule has 0 aromatic carbocycles. The lowest BCUT2D eigenvalue weighted by Crippen LogP contribution is -2.52. The zero-order valence-corrected chi connectivity index (χ0v) is 10.7. The molecular formula is C11H16N4O5. The van der Waals surface area contributed by atoms with Crippen molar-refractivity contribution in [2.24, 2.45) is 0 Å². The molecule has 2 amide bonds. The van der Waals surface area contributed by atoms with Crippen LogP contribution < -0.4 is 5.32 Å². The Morgan fingerprint density at radius 3 is 3.05 bits per heavy atom. The molecule has 110 valence electrons. The van der Waals surface area contributed by atoms with E-state index in [0.29, 0.717) is 25.4 Å². The topological polar surface area (TPSA) is 117 Å². The highest BCUT2D eigenvalue weighted by atomic mass is 16.5. The van der Waals surface area contributed by atoms with E-state index >= 15 is 0 Å². The van der Waals surface area contributed by atoms with Crippen LogP contribution in [0.5, 0.6) is 0 Å². The lowest BCUT2D eigenvalue weighted by Gasteiger charge is -2.34. The molecule has 0 saturated carbocycles. The van der Waals surface area contributed by atoms with Gasteiger partial charge >= 0.3 is 12.0 Å². The van der Waals surface area contributed by atoms with Crippen molar-refractivity contribution in [3.8, 4) is 0 Å². The van der Waals surface area contributed by atoms with E-state index in [4.69, 9.17) is 9.84 Å². The molecule has 9 heteroatoms. The first-order valence-corrected chi connectivity index (χ1v) is 6.10. The number of nitrogens with one attached hydrogen (secondary N) is 1. The number of ether oxygens (including phenoxy) is 1. The number of morpholine rings is 1. The summed E-state index contributed by atoms with van der Waals surface area (Å²) in [5, 5.41) is 24.3. The van der Waals surface area contributed by atoms with Crippen molar-refractivity contribution < 1.29 is 24.5 Å². The van der Waals surface area contributed by atoms with Crippen molar-refractivity contribution in [2.45, 2.75) is 12.6 Å². The normalized spacial score (nSPS) is 18.9. The predicted molar refractivity (Wildman–Crippen MR) is 67.3 cm³/mol. The van der Waals surface area contributed by atoms with E-state index < -0.39 is 5.97 Å². The number of hydrogen-bond acceptors (Lipinski definition) is 5. The zero-order valence-electron chi connectivity index (χ0n) is 10.7. The molecule has 1 fully saturated rings. The number of aliphatic hydroxyl groups is 1. The number of anilines is 1. The quantitative estimate of drug-likeness (QED) is 0.666. The summed E-state index contributed by atoms with van der Waals surface area (Å²) in [4.78, 5) is 24.1. The number of hydrogen-bond donors (Lipinski definition) is 3. The van der Waals surface area contributed by atoms with E-state index in [1.54, 1.807) is 0 Å². The molecule has 1 atom stereocenters. The zero-order chi connectivity index (χ0) is 14.5. The highest BCUT2D eigenvalue weighted by molar-refractivity contribution is 5.89. The van der Waals surface area contributed by atoms with Gasteiger partial charge in [0.25, 0.3) is 0 Å². The predicted octanol–water partition coefficient (Wildman–Crippen LogP) is -0.807. The average Bonchev–Trinajstić information content (AvgIpc) is 2.85. The number of carboxylic acid groups (broad SMARTS) is 1. The van der Waals surface area contributed by atoms with E-state index in [0.717, 1.165) is 0 Å².